The second-order valence-corrected chi connectivity index (χ2v) is 10.7. The first kappa shape index (κ1) is 27.6. The van der Waals surface area contributed by atoms with Gasteiger partial charge in [-0.25, -0.2) is 12.8 Å². The van der Waals surface area contributed by atoms with Crippen LogP contribution in [-0.4, -0.2) is 81.2 Å². The lowest BCUT2D eigenvalue weighted by Gasteiger charge is -2.37. The van der Waals surface area contributed by atoms with Gasteiger partial charge in [-0.15, -0.1) is 0 Å². The molecule has 1 aliphatic rings. The Labute approximate surface area is 211 Å². The van der Waals surface area contributed by atoms with E-state index in [0.29, 0.717) is 5.56 Å². The number of carbonyl (C=O) groups excluding carboxylic acids is 1. The van der Waals surface area contributed by atoms with Gasteiger partial charge < -0.3 is 19.5 Å². The number of methoxy groups -OCH3 is 1. The molecular formula is C26H31FN2O6S. The predicted octanol–water partition coefficient (Wildman–Crippen LogP) is 2.36. The maximum absolute atomic E-state index is 14.2. The molecule has 8 nitrogen and oxygen atoms in total. The molecule has 3 rings (SSSR count). The van der Waals surface area contributed by atoms with E-state index in [1.54, 1.807) is 32.2 Å². The number of hydrogen-bond donors (Lipinski definition) is 1. The minimum absolute atomic E-state index is 0.0555. The van der Waals surface area contributed by atoms with E-state index < -0.39 is 33.9 Å². The molecular weight excluding hydrogens is 487 g/mol. The van der Waals surface area contributed by atoms with Gasteiger partial charge in [0.1, 0.15) is 29.2 Å². The molecule has 194 valence electrons. The molecule has 1 aliphatic heterocycles. The fourth-order valence-electron chi connectivity index (χ4n) is 3.92. The number of rotatable bonds is 6. The van der Waals surface area contributed by atoms with Crippen LogP contribution < -0.4 is 4.74 Å². The molecule has 1 amide bonds. The highest BCUT2D eigenvalue weighted by molar-refractivity contribution is 7.89. The van der Waals surface area contributed by atoms with Gasteiger partial charge in [-0.1, -0.05) is 30.9 Å². The van der Waals surface area contributed by atoms with Gasteiger partial charge in [-0.3, -0.25) is 4.79 Å². The van der Waals surface area contributed by atoms with Gasteiger partial charge in [0.05, 0.1) is 18.7 Å². The maximum atomic E-state index is 14.2. The van der Waals surface area contributed by atoms with E-state index >= 15 is 0 Å². The molecule has 0 unspecified atom stereocenters. The summed E-state index contributed by atoms with van der Waals surface area (Å²) in [6, 6.07) is 9.60. The SMILES string of the molecule is COCC#Cc1ccc2c(c1)O[C@@H](CN(C)C(=O)c1ccccc1F)[C@@H](C)CN([C@@H](C)CO)S2(=O)=O. The van der Waals surface area contributed by atoms with E-state index in [2.05, 4.69) is 11.8 Å². The molecule has 0 saturated heterocycles. The molecule has 0 spiro atoms. The average molecular weight is 519 g/mol. The van der Waals surface area contributed by atoms with Crippen LogP contribution in [0.3, 0.4) is 0 Å². The van der Waals surface area contributed by atoms with E-state index in [0.717, 1.165) is 0 Å². The zero-order valence-electron chi connectivity index (χ0n) is 20.8. The summed E-state index contributed by atoms with van der Waals surface area (Å²) in [6.45, 7) is 3.42. The highest BCUT2D eigenvalue weighted by Gasteiger charge is 2.38. The Balaban J connectivity index is 2.01. The number of aliphatic hydroxyl groups excluding tert-OH is 1. The molecule has 3 atom stereocenters. The van der Waals surface area contributed by atoms with Crippen molar-refractivity contribution in [3.63, 3.8) is 0 Å². The number of benzene rings is 2. The van der Waals surface area contributed by atoms with Gasteiger partial charge in [0.2, 0.25) is 10.0 Å². The monoisotopic (exact) mass is 518 g/mol. The average Bonchev–Trinajstić information content (AvgIpc) is 2.85. The molecule has 0 bridgehead atoms. The highest BCUT2D eigenvalue weighted by atomic mass is 32.2. The lowest BCUT2D eigenvalue weighted by Crippen LogP contribution is -2.50. The van der Waals surface area contributed by atoms with Crippen molar-refractivity contribution in [2.24, 2.45) is 5.92 Å². The van der Waals surface area contributed by atoms with Crippen LogP contribution in [0.15, 0.2) is 47.4 Å². The van der Waals surface area contributed by atoms with Crippen molar-refractivity contribution in [2.45, 2.75) is 30.9 Å². The number of carbonyl (C=O) groups is 1. The van der Waals surface area contributed by atoms with Crippen LogP contribution >= 0.6 is 0 Å². The van der Waals surface area contributed by atoms with Crippen LogP contribution in [0.25, 0.3) is 0 Å². The second-order valence-electron chi connectivity index (χ2n) is 8.80. The minimum atomic E-state index is -4.00. The number of halogens is 1. The summed E-state index contributed by atoms with van der Waals surface area (Å²) in [7, 11) is -0.936. The first-order valence-corrected chi connectivity index (χ1v) is 12.9. The zero-order chi connectivity index (χ0) is 26.5. The molecule has 10 heteroatoms. The van der Waals surface area contributed by atoms with Crippen LogP contribution in [0.2, 0.25) is 0 Å². The summed E-state index contributed by atoms with van der Waals surface area (Å²) >= 11 is 0. The van der Waals surface area contributed by atoms with Crippen molar-refractivity contribution >= 4 is 15.9 Å². The molecule has 0 aliphatic carbocycles. The highest BCUT2D eigenvalue weighted by Crippen LogP contribution is 2.34. The van der Waals surface area contributed by atoms with Crippen molar-refractivity contribution in [3.8, 4) is 17.6 Å². The Morgan fingerprint density at radius 2 is 2.06 bits per heavy atom. The number of likely N-dealkylation sites (N-methyl/N-ethyl adjacent to an activating group) is 1. The van der Waals surface area contributed by atoms with Crippen LogP contribution in [0.4, 0.5) is 4.39 Å². The standard InChI is InChI=1S/C26H31FN2O6S/c1-18-15-29(19(2)17-30)36(32,33)25-12-11-20(8-7-13-34-4)14-23(25)35-24(18)16-28(3)26(31)21-9-5-6-10-22(21)27/h5-6,9-12,14,18-19,24,30H,13,15-17H2,1-4H3/t18-,19-,24-/m0/s1. The smallest absolute Gasteiger partial charge is 0.256 e. The first-order chi connectivity index (χ1) is 17.1. The van der Waals surface area contributed by atoms with E-state index in [1.807, 2.05) is 6.92 Å². The van der Waals surface area contributed by atoms with Crippen molar-refractivity contribution in [1.82, 2.24) is 9.21 Å². The maximum Gasteiger partial charge on any atom is 0.256 e. The topological polar surface area (TPSA) is 96.4 Å². The Morgan fingerprint density at radius 1 is 1.33 bits per heavy atom. The van der Waals surface area contributed by atoms with E-state index in [-0.39, 0.29) is 48.4 Å². The number of nitrogens with zero attached hydrogens (tertiary/aromatic N) is 2. The summed E-state index contributed by atoms with van der Waals surface area (Å²) < 4.78 is 53.7. The van der Waals surface area contributed by atoms with Crippen molar-refractivity contribution < 1.29 is 32.2 Å². The van der Waals surface area contributed by atoms with Gasteiger partial charge in [0, 0.05) is 38.2 Å². The quantitative estimate of drug-likeness (QED) is 0.590. The molecule has 0 saturated carbocycles. The lowest BCUT2D eigenvalue weighted by atomic mass is 10.0. The first-order valence-electron chi connectivity index (χ1n) is 11.5. The number of fused-ring (bicyclic) bond motifs is 1. The van der Waals surface area contributed by atoms with Crippen molar-refractivity contribution in [3.05, 3.63) is 59.4 Å². The molecule has 2 aromatic rings. The molecule has 0 fully saturated rings. The van der Waals surface area contributed by atoms with Gasteiger partial charge >= 0.3 is 0 Å². The van der Waals surface area contributed by atoms with Gasteiger partial charge in [-0.05, 0) is 37.3 Å². The van der Waals surface area contributed by atoms with Crippen LogP contribution in [0, 0.1) is 23.6 Å². The Bertz CT molecular complexity index is 1260. The molecule has 36 heavy (non-hydrogen) atoms. The largest absolute Gasteiger partial charge is 0.487 e. The van der Waals surface area contributed by atoms with Crippen LogP contribution in [0.1, 0.15) is 29.8 Å². The summed E-state index contributed by atoms with van der Waals surface area (Å²) in [5.41, 5.74) is 0.471. The summed E-state index contributed by atoms with van der Waals surface area (Å²) in [5.74, 6) is 4.31. The summed E-state index contributed by atoms with van der Waals surface area (Å²) in [4.78, 5) is 14.2. The van der Waals surface area contributed by atoms with E-state index in [1.165, 1.54) is 40.6 Å². The van der Waals surface area contributed by atoms with E-state index in [4.69, 9.17) is 9.47 Å². The summed E-state index contributed by atoms with van der Waals surface area (Å²) in [6.07, 6.45) is -0.629. The normalized spacial score (nSPS) is 20.1. The number of aliphatic hydroxyl groups is 1. The fourth-order valence-corrected chi connectivity index (χ4v) is 5.75. The Kier molecular flexibility index (Phi) is 9.08. The summed E-state index contributed by atoms with van der Waals surface area (Å²) in [5, 5.41) is 9.76. The number of amides is 1. The Hall–Kier alpha value is -2.97. The Morgan fingerprint density at radius 3 is 2.72 bits per heavy atom. The molecule has 0 aromatic heterocycles. The number of hydrogen-bond acceptors (Lipinski definition) is 6. The van der Waals surface area contributed by atoms with E-state index in [9.17, 15) is 22.7 Å². The predicted molar refractivity (Wildman–Crippen MR) is 133 cm³/mol. The van der Waals surface area contributed by atoms with Crippen LogP contribution in [0.5, 0.6) is 5.75 Å². The van der Waals surface area contributed by atoms with Gasteiger partial charge in [-0.2, -0.15) is 4.31 Å². The third-order valence-electron chi connectivity index (χ3n) is 6.02. The van der Waals surface area contributed by atoms with Gasteiger partial charge in [0.15, 0.2) is 0 Å². The fraction of sp³-hybridized carbons (Fsp3) is 0.423. The van der Waals surface area contributed by atoms with Crippen molar-refractivity contribution in [2.75, 3.05) is 40.5 Å². The third kappa shape index (κ3) is 6.05. The molecule has 0 radical (unpaired) electrons. The van der Waals surface area contributed by atoms with Gasteiger partial charge in [0.25, 0.3) is 5.91 Å². The minimum Gasteiger partial charge on any atom is -0.487 e. The number of sulfonamides is 1. The molecule has 1 N–H and O–H groups in total. The lowest BCUT2D eigenvalue weighted by molar-refractivity contribution is 0.0560. The second kappa shape index (κ2) is 11.8. The number of ether oxygens (including phenoxy) is 2. The van der Waals surface area contributed by atoms with Crippen molar-refractivity contribution in [1.29, 1.82) is 0 Å². The molecule has 1 heterocycles. The van der Waals surface area contributed by atoms with Crippen LogP contribution in [-0.2, 0) is 14.8 Å². The molecule has 2 aromatic carbocycles. The third-order valence-corrected chi connectivity index (χ3v) is 8.04. The zero-order valence-corrected chi connectivity index (χ0v) is 21.6.